The Kier molecular flexibility index (Phi) is 6.56. The van der Waals surface area contributed by atoms with Crippen LogP contribution in [0.25, 0.3) is 0 Å². The zero-order chi connectivity index (χ0) is 22.3. The maximum absolute atomic E-state index is 13.5. The summed E-state index contributed by atoms with van der Waals surface area (Å²) in [4.78, 5) is 30.5. The Morgan fingerprint density at radius 3 is 2.78 bits per heavy atom. The predicted octanol–water partition coefficient (Wildman–Crippen LogP) is 3.06. The summed E-state index contributed by atoms with van der Waals surface area (Å²) in [5.41, 5.74) is 1.96. The number of piperidine rings is 1. The minimum absolute atomic E-state index is 0.0512. The van der Waals surface area contributed by atoms with Crippen molar-refractivity contribution in [2.75, 3.05) is 25.1 Å². The van der Waals surface area contributed by atoms with E-state index in [1.807, 2.05) is 17.0 Å². The predicted molar refractivity (Wildman–Crippen MR) is 119 cm³/mol. The summed E-state index contributed by atoms with van der Waals surface area (Å²) < 4.78 is 5.21. The molecule has 0 bridgehead atoms. The number of ether oxygens (including phenoxy) is 1. The smallest absolute Gasteiger partial charge is 0.254 e. The van der Waals surface area contributed by atoms with Crippen LogP contribution in [0.4, 0.5) is 5.95 Å². The van der Waals surface area contributed by atoms with Crippen LogP contribution in [0.2, 0.25) is 0 Å². The lowest BCUT2D eigenvalue weighted by Gasteiger charge is -2.38. The van der Waals surface area contributed by atoms with Gasteiger partial charge in [-0.15, -0.1) is 0 Å². The van der Waals surface area contributed by atoms with Gasteiger partial charge >= 0.3 is 0 Å². The quantitative estimate of drug-likeness (QED) is 0.595. The number of benzene rings is 1. The van der Waals surface area contributed by atoms with Crippen LogP contribution in [-0.4, -0.2) is 52.0 Å². The van der Waals surface area contributed by atoms with Crippen molar-refractivity contribution in [3.8, 4) is 11.9 Å². The highest BCUT2D eigenvalue weighted by Crippen LogP contribution is 2.24. The van der Waals surface area contributed by atoms with E-state index in [-0.39, 0.29) is 11.9 Å². The minimum Gasteiger partial charge on any atom is -0.481 e. The number of pyridine rings is 1. The van der Waals surface area contributed by atoms with Gasteiger partial charge in [-0.05, 0) is 42.7 Å². The Labute approximate surface area is 187 Å². The second-order valence-corrected chi connectivity index (χ2v) is 7.60. The van der Waals surface area contributed by atoms with E-state index >= 15 is 0 Å². The van der Waals surface area contributed by atoms with Crippen LogP contribution in [0.15, 0.2) is 61.1 Å². The first-order valence-corrected chi connectivity index (χ1v) is 10.5. The average Bonchev–Trinajstić information content (AvgIpc) is 2.87. The number of carbonyl (C=O) groups excluding carboxylic acids is 1. The molecular formula is C24H24N6O2. The van der Waals surface area contributed by atoms with E-state index in [0.717, 1.165) is 31.5 Å². The van der Waals surface area contributed by atoms with Crippen LogP contribution < -0.4 is 9.64 Å². The molecule has 1 aliphatic heterocycles. The van der Waals surface area contributed by atoms with Gasteiger partial charge in [-0.1, -0.05) is 12.1 Å². The molecule has 1 aliphatic rings. The number of amides is 1. The maximum Gasteiger partial charge on any atom is 0.254 e. The molecule has 8 nitrogen and oxygen atoms in total. The molecule has 1 amide bonds. The van der Waals surface area contributed by atoms with Gasteiger partial charge in [-0.2, -0.15) is 10.2 Å². The summed E-state index contributed by atoms with van der Waals surface area (Å²) in [6.07, 6.45) is 6.76. The molecule has 1 saturated heterocycles. The van der Waals surface area contributed by atoms with E-state index in [1.54, 1.807) is 56.0 Å². The molecule has 3 aromatic rings. The van der Waals surface area contributed by atoms with Crippen molar-refractivity contribution in [1.29, 1.82) is 5.26 Å². The Bertz CT molecular complexity index is 1110. The van der Waals surface area contributed by atoms with E-state index in [1.165, 1.54) is 0 Å². The number of nitrogens with zero attached hydrogens (tertiary/aromatic N) is 6. The molecule has 3 heterocycles. The summed E-state index contributed by atoms with van der Waals surface area (Å²) in [6.45, 7) is 1.92. The highest BCUT2D eigenvalue weighted by Gasteiger charge is 2.30. The van der Waals surface area contributed by atoms with Crippen molar-refractivity contribution in [2.24, 2.45) is 0 Å². The molecule has 1 aromatic carbocycles. The molecule has 8 heteroatoms. The number of carbonyl (C=O) groups is 1. The fraction of sp³-hybridized carbons (Fsp3) is 0.292. The number of anilines is 1. The molecule has 0 aliphatic carbocycles. The van der Waals surface area contributed by atoms with Crippen LogP contribution in [0.5, 0.6) is 5.88 Å². The summed E-state index contributed by atoms with van der Waals surface area (Å²) in [6, 6.07) is 14.6. The van der Waals surface area contributed by atoms with E-state index in [9.17, 15) is 10.1 Å². The number of methoxy groups -OCH3 is 1. The summed E-state index contributed by atoms with van der Waals surface area (Å²) in [5.74, 6) is 1.08. The van der Waals surface area contributed by atoms with Crippen LogP contribution in [0.1, 0.15) is 34.3 Å². The number of hydrogen-bond acceptors (Lipinski definition) is 7. The standard InChI is InChI=1S/C24H24N6O2/c1-32-22-7-11-27-24(28-22)29-12-8-21(9-13-29)30(17-19-5-3-10-26-16-19)23(31)20-6-2-4-18(14-20)15-25/h2-7,10-11,14,16,21H,8-9,12-13,17H2,1H3. The van der Waals surface area contributed by atoms with Crippen LogP contribution in [-0.2, 0) is 6.54 Å². The zero-order valence-corrected chi connectivity index (χ0v) is 17.9. The van der Waals surface area contributed by atoms with Gasteiger partial charge in [0.25, 0.3) is 5.91 Å². The topological polar surface area (TPSA) is 95.2 Å². The van der Waals surface area contributed by atoms with Crippen molar-refractivity contribution in [3.05, 3.63) is 77.7 Å². The van der Waals surface area contributed by atoms with Crippen molar-refractivity contribution in [2.45, 2.75) is 25.4 Å². The van der Waals surface area contributed by atoms with E-state index in [4.69, 9.17) is 4.74 Å². The third-order valence-corrected chi connectivity index (χ3v) is 5.59. The van der Waals surface area contributed by atoms with E-state index < -0.39 is 0 Å². The van der Waals surface area contributed by atoms with Crippen LogP contribution in [0, 0.1) is 11.3 Å². The third kappa shape index (κ3) is 4.83. The third-order valence-electron chi connectivity index (χ3n) is 5.59. The van der Waals surface area contributed by atoms with E-state index in [2.05, 4.69) is 25.9 Å². The first kappa shape index (κ1) is 21.2. The first-order valence-electron chi connectivity index (χ1n) is 10.5. The Balaban J connectivity index is 1.54. The lowest BCUT2D eigenvalue weighted by Crippen LogP contribution is -2.47. The number of hydrogen-bond donors (Lipinski definition) is 0. The van der Waals surface area contributed by atoms with Crippen LogP contribution >= 0.6 is 0 Å². The van der Waals surface area contributed by atoms with Crippen molar-refractivity contribution in [1.82, 2.24) is 19.9 Å². The molecule has 0 radical (unpaired) electrons. The number of rotatable bonds is 6. The van der Waals surface area contributed by atoms with E-state index in [0.29, 0.717) is 29.5 Å². The molecule has 0 N–H and O–H groups in total. The molecule has 0 saturated carbocycles. The molecule has 2 aromatic heterocycles. The van der Waals surface area contributed by atoms with Gasteiger partial charge in [0.05, 0.1) is 18.7 Å². The Hall–Kier alpha value is -3.99. The monoisotopic (exact) mass is 428 g/mol. The molecule has 0 unspecified atom stereocenters. The van der Waals surface area contributed by atoms with Crippen molar-refractivity contribution in [3.63, 3.8) is 0 Å². The Morgan fingerprint density at radius 1 is 1.22 bits per heavy atom. The molecule has 4 rings (SSSR count). The SMILES string of the molecule is COc1ccnc(N2CCC(N(Cc3cccnc3)C(=O)c3cccc(C#N)c3)CC2)n1. The Morgan fingerprint density at radius 2 is 2.06 bits per heavy atom. The normalized spacial score (nSPS) is 13.9. The fourth-order valence-corrected chi connectivity index (χ4v) is 3.92. The van der Waals surface area contributed by atoms with Crippen LogP contribution in [0.3, 0.4) is 0 Å². The summed E-state index contributed by atoms with van der Waals surface area (Å²) in [5, 5.41) is 9.23. The highest BCUT2D eigenvalue weighted by molar-refractivity contribution is 5.94. The molecule has 1 fully saturated rings. The molecular weight excluding hydrogens is 404 g/mol. The van der Waals surface area contributed by atoms with Gasteiger partial charge in [0.2, 0.25) is 11.8 Å². The van der Waals surface area contributed by atoms with Crippen molar-refractivity contribution < 1.29 is 9.53 Å². The van der Waals surface area contributed by atoms with Crippen molar-refractivity contribution >= 4 is 11.9 Å². The van der Waals surface area contributed by atoms with Gasteiger partial charge in [0, 0.05) is 55.9 Å². The maximum atomic E-state index is 13.5. The van der Waals surface area contributed by atoms with Gasteiger partial charge in [0.15, 0.2) is 0 Å². The lowest BCUT2D eigenvalue weighted by molar-refractivity contribution is 0.0630. The largest absolute Gasteiger partial charge is 0.481 e. The first-order chi connectivity index (χ1) is 15.7. The fourth-order valence-electron chi connectivity index (χ4n) is 3.92. The number of nitriles is 1. The average molecular weight is 428 g/mol. The lowest BCUT2D eigenvalue weighted by atomic mass is 10.0. The molecule has 0 atom stereocenters. The molecule has 32 heavy (non-hydrogen) atoms. The summed E-state index contributed by atoms with van der Waals surface area (Å²) >= 11 is 0. The van der Waals surface area contributed by atoms with Gasteiger partial charge in [-0.3, -0.25) is 9.78 Å². The van der Waals surface area contributed by atoms with Gasteiger partial charge in [0.1, 0.15) is 0 Å². The van der Waals surface area contributed by atoms with Gasteiger partial charge in [-0.25, -0.2) is 4.98 Å². The van der Waals surface area contributed by atoms with Gasteiger partial charge < -0.3 is 14.5 Å². The number of aromatic nitrogens is 3. The second kappa shape index (κ2) is 9.88. The molecule has 0 spiro atoms. The summed E-state index contributed by atoms with van der Waals surface area (Å²) in [7, 11) is 1.58. The zero-order valence-electron chi connectivity index (χ0n) is 17.9. The second-order valence-electron chi connectivity index (χ2n) is 7.60. The minimum atomic E-state index is -0.0815. The molecule has 162 valence electrons. The highest BCUT2D eigenvalue weighted by atomic mass is 16.5.